The second-order valence-corrected chi connectivity index (χ2v) is 4.68. The first-order valence-corrected chi connectivity index (χ1v) is 6.48. The fraction of sp³-hybridized carbons (Fsp3) is 0. The molecule has 0 aliphatic heterocycles. The highest BCUT2D eigenvalue weighted by Gasteiger charge is 2.11. The van der Waals surface area contributed by atoms with Gasteiger partial charge in [-0.1, -0.05) is 35.9 Å². The smallest absolute Gasteiger partial charge is 0.258 e. The third kappa shape index (κ3) is 3.53. The van der Waals surface area contributed by atoms with Crippen molar-refractivity contribution in [1.29, 1.82) is 0 Å². The molecular formula is C14H10ClFN2OS. The van der Waals surface area contributed by atoms with E-state index in [1.165, 1.54) is 12.1 Å². The Morgan fingerprint density at radius 2 is 1.75 bits per heavy atom. The molecule has 0 fully saturated rings. The Morgan fingerprint density at radius 3 is 2.45 bits per heavy atom. The second kappa shape index (κ2) is 6.45. The number of para-hydroxylation sites is 1. The van der Waals surface area contributed by atoms with Gasteiger partial charge in [-0.15, -0.1) is 0 Å². The minimum Gasteiger partial charge on any atom is -0.330 e. The average Bonchev–Trinajstić information content (AvgIpc) is 2.41. The number of benzene rings is 2. The first-order chi connectivity index (χ1) is 9.58. The molecule has 20 heavy (non-hydrogen) atoms. The van der Waals surface area contributed by atoms with Gasteiger partial charge in [-0.05, 0) is 36.5 Å². The second-order valence-electron chi connectivity index (χ2n) is 3.87. The zero-order chi connectivity index (χ0) is 14.5. The van der Waals surface area contributed by atoms with E-state index in [-0.39, 0.29) is 10.8 Å². The van der Waals surface area contributed by atoms with Crippen LogP contribution in [-0.2, 0) is 0 Å². The number of carbonyl (C=O) groups is 1. The number of anilines is 1. The lowest BCUT2D eigenvalue weighted by molar-refractivity contribution is 0.0978. The van der Waals surface area contributed by atoms with Gasteiger partial charge in [0.25, 0.3) is 5.91 Å². The van der Waals surface area contributed by atoms with Crippen molar-refractivity contribution in [3.63, 3.8) is 0 Å². The van der Waals surface area contributed by atoms with Gasteiger partial charge in [0, 0.05) is 0 Å². The Hall–Kier alpha value is -1.98. The van der Waals surface area contributed by atoms with Gasteiger partial charge in [-0.25, -0.2) is 4.39 Å². The van der Waals surface area contributed by atoms with Crippen LogP contribution in [0.1, 0.15) is 10.4 Å². The van der Waals surface area contributed by atoms with Crippen LogP contribution in [0.25, 0.3) is 0 Å². The van der Waals surface area contributed by atoms with Crippen molar-refractivity contribution in [2.75, 3.05) is 5.32 Å². The molecule has 2 rings (SSSR count). The molecule has 0 heterocycles. The first-order valence-electron chi connectivity index (χ1n) is 5.69. The molecule has 2 N–H and O–H groups in total. The molecule has 0 saturated heterocycles. The summed E-state index contributed by atoms with van der Waals surface area (Å²) in [4.78, 5) is 11.9. The van der Waals surface area contributed by atoms with E-state index in [1.54, 1.807) is 36.4 Å². The Balaban J connectivity index is 2.04. The summed E-state index contributed by atoms with van der Waals surface area (Å²) in [5, 5.41) is 5.37. The minimum absolute atomic E-state index is 0.0000183. The van der Waals surface area contributed by atoms with Gasteiger partial charge in [0.2, 0.25) is 0 Å². The normalized spacial score (nSPS) is 9.90. The number of thiocarbonyl (C=S) groups is 1. The lowest BCUT2D eigenvalue weighted by Gasteiger charge is -2.10. The molecule has 0 aliphatic carbocycles. The number of hydrogen-bond donors (Lipinski definition) is 2. The number of halogens is 2. The fourth-order valence-electron chi connectivity index (χ4n) is 1.53. The topological polar surface area (TPSA) is 41.1 Å². The molecule has 0 atom stereocenters. The van der Waals surface area contributed by atoms with Crippen LogP contribution in [0, 0.1) is 5.82 Å². The van der Waals surface area contributed by atoms with Crippen molar-refractivity contribution in [3.8, 4) is 0 Å². The summed E-state index contributed by atoms with van der Waals surface area (Å²) in [5.74, 6) is -0.911. The summed E-state index contributed by atoms with van der Waals surface area (Å²) < 4.78 is 13.4. The van der Waals surface area contributed by atoms with Crippen LogP contribution < -0.4 is 10.6 Å². The molecule has 1 amide bonds. The quantitative estimate of drug-likeness (QED) is 0.833. The van der Waals surface area contributed by atoms with Crippen molar-refractivity contribution in [3.05, 3.63) is 64.9 Å². The number of carbonyl (C=O) groups excluding carboxylic acids is 1. The monoisotopic (exact) mass is 308 g/mol. The third-order valence-corrected chi connectivity index (χ3v) is 3.00. The van der Waals surface area contributed by atoms with Crippen LogP contribution in [0.5, 0.6) is 0 Å². The summed E-state index contributed by atoms with van der Waals surface area (Å²) in [5.41, 5.74) is 0.490. The maximum absolute atomic E-state index is 13.4. The van der Waals surface area contributed by atoms with E-state index >= 15 is 0 Å². The first kappa shape index (κ1) is 14.4. The van der Waals surface area contributed by atoms with Crippen molar-refractivity contribution in [2.45, 2.75) is 0 Å². The maximum atomic E-state index is 13.4. The molecule has 0 aromatic heterocycles. The van der Waals surface area contributed by atoms with E-state index in [0.717, 1.165) is 0 Å². The van der Waals surface area contributed by atoms with Gasteiger partial charge in [0.05, 0.1) is 16.3 Å². The summed E-state index contributed by atoms with van der Waals surface area (Å²) in [7, 11) is 0. The molecule has 2 aromatic rings. The average molecular weight is 309 g/mol. The molecule has 0 radical (unpaired) electrons. The predicted octanol–water partition coefficient (Wildman–Crippen LogP) is 3.61. The lowest BCUT2D eigenvalue weighted by Crippen LogP contribution is -2.34. The number of hydrogen-bond acceptors (Lipinski definition) is 2. The largest absolute Gasteiger partial charge is 0.330 e. The molecule has 6 heteroatoms. The van der Waals surface area contributed by atoms with E-state index < -0.39 is 11.7 Å². The number of nitrogens with one attached hydrogen (secondary N) is 2. The molecule has 3 nitrogen and oxygen atoms in total. The number of amides is 1. The van der Waals surface area contributed by atoms with E-state index in [1.807, 2.05) is 0 Å². The fourth-order valence-corrected chi connectivity index (χ4v) is 1.96. The van der Waals surface area contributed by atoms with Gasteiger partial charge in [0.15, 0.2) is 5.11 Å². The van der Waals surface area contributed by atoms with E-state index in [4.69, 9.17) is 23.8 Å². The highest BCUT2D eigenvalue weighted by Crippen LogP contribution is 2.15. The molecule has 0 aliphatic rings. The van der Waals surface area contributed by atoms with Gasteiger partial charge in [-0.2, -0.15) is 0 Å². The Labute approximate surface area is 125 Å². The van der Waals surface area contributed by atoms with Crippen LogP contribution in [0.15, 0.2) is 48.5 Å². The van der Waals surface area contributed by atoms with Crippen molar-refractivity contribution in [2.24, 2.45) is 0 Å². The van der Waals surface area contributed by atoms with Crippen LogP contribution in [0.3, 0.4) is 0 Å². The summed E-state index contributed by atoms with van der Waals surface area (Å²) in [6.45, 7) is 0. The van der Waals surface area contributed by atoms with Crippen LogP contribution in [0.4, 0.5) is 10.1 Å². The summed E-state index contributed by atoms with van der Waals surface area (Å²) in [6, 6.07) is 12.6. The van der Waals surface area contributed by atoms with Crippen molar-refractivity contribution < 1.29 is 9.18 Å². The summed E-state index contributed by atoms with van der Waals surface area (Å²) >= 11 is 10.9. The molecular weight excluding hydrogens is 299 g/mol. The standard InChI is InChI=1S/C14H10ClFN2OS/c15-10-6-2-1-5-9(10)13(19)18-14(20)17-12-8-4-3-7-11(12)16/h1-8H,(H2,17,18,19,20). The molecule has 2 aromatic carbocycles. The molecule has 102 valence electrons. The predicted molar refractivity (Wildman–Crippen MR) is 81.5 cm³/mol. The Bertz CT molecular complexity index is 663. The Kier molecular flexibility index (Phi) is 4.65. The summed E-state index contributed by atoms with van der Waals surface area (Å²) in [6.07, 6.45) is 0. The van der Waals surface area contributed by atoms with Gasteiger partial charge >= 0.3 is 0 Å². The van der Waals surface area contributed by atoms with Gasteiger partial charge in [0.1, 0.15) is 5.82 Å². The molecule has 0 bridgehead atoms. The van der Waals surface area contributed by atoms with Crippen molar-refractivity contribution >= 4 is 40.5 Å². The van der Waals surface area contributed by atoms with E-state index in [0.29, 0.717) is 10.6 Å². The van der Waals surface area contributed by atoms with Crippen LogP contribution in [-0.4, -0.2) is 11.0 Å². The van der Waals surface area contributed by atoms with E-state index in [9.17, 15) is 9.18 Å². The van der Waals surface area contributed by atoms with Gasteiger partial charge in [-0.3, -0.25) is 10.1 Å². The molecule has 0 unspecified atom stereocenters. The van der Waals surface area contributed by atoms with Crippen LogP contribution >= 0.6 is 23.8 Å². The molecule has 0 saturated carbocycles. The number of rotatable bonds is 2. The van der Waals surface area contributed by atoms with Crippen LogP contribution in [0.2, 0.25) is 5.02 Å². The SMILES string of the molecule is O=C(NC(=S)Nc1ccccc1F)c1ccccc1Cl. The zero-order valence-electron chi connectivity index (χ0n) is 10.2. The highest BCUT2D eigenvalue weighted by molar-refractivity contribution is 7.80. The third-order valence-electron chi connectivity index (χ3n) is 2.47. The minimum atomic E-state index is -0.457. The lowest BCUT2D eigenvalue weighted by atomic mass is 10.2. The van der Waals surface area contributed by atoms with E-state index in [2.05, 4.69) is 10.6 Å². The van der Waals surface area contributed by atoms with Gasteiger partial charge < -0.3 is 5.32 Å². The zero-order valence-corrected chi connectivity index (χ0v) is 11.8. The molecule has 0 spiro atoms. The van der Waals surface area contributed by atoms with Crippen molar-refractivity contribution in [1.82, 2.24) is 5.32 Å². The highest BCUT2D eigenvalue weighted by atomic mass is 35.5. The Morgan fingerprint density at radius 1 is 1.10 bits per heavy atom. The maximum Gasteiger partial charge on any atom is 0.258 e.